The number of nitrogens with zero attached hydrogens (tertiary/aromatic N) is 1. The average Bonchev–Trinajstić information content (AvgIpc) is 3.45. The van der Waals surface area contributed by atoms with Crippen LogP contribution in [0.25, 0.3) is 0 Å². The van der Waals surface area contributed by atoms with Crippen molar-refractivity contribution in [2.75, 3.05) is 40.8 Å². The molecule has 0 unspecified atom stereocenters. The fraction of sp³-hybridized carbons (Fsp3) is 0.357. The van der Waals surface area contributed by atoms with E-state index in [1.54, 1.807) is 39.2 Å². The van der Waals surface area contributed by atoms with Gasteiger partial charge in [-0.05, 0) is 66.4 Å². The van der Waals surface area contributed by atoms with Gasteiger partial charge in [-0.2, -0.15) is 0 Å². The van der Waals surface area contributed by atoms with Crippen LogP contribution in [-0.2, 0) is 4.74 Å². The van der Waals surface area contributed by atoms with E-state index in [1.165, 1.54) is 13.2 Å². The predicted molar refractivity (Wildman–Crippen MR) is 152 cm³/mol. The highest BCUT2D eigenvalue weighted by Crippen LogP contribution is 2.48. The zero-order chi connectivity index (χ0) is 27.9. The Kier molecular flexibility index (Phi) is 9.82. The summed E-state index contributed by atoms with van der Waals surface area (Å²) >= 11 is 5.02. The van der Waals surface area contributed by atoms with E-state index in [9.17, 15) is 10.1 Å². The van der Waals surface area contributed by atoms with Gasteiger partial charge in [0.05, 0.1) is 52.2 Å². The predicted octanol–water partition coefficient (Wildman–Crippen LogP) is 7.16. The van der Waals surface area contributed by atoms with Crippen LogP contribution in [0.2, 0.25) is 0 Å². The summed E-state index contributed by atoms with van der Waals surface area (Å²) in [6.07, 6.45) is 0.778. The van der Waals surface area contributed by atoms with Gasteiger partial charge in [0.15, 0.2) is 17.2 Å². The monoisotopic (exact) mass is 619 g/mol. The molecule has 0 aliphatic carbocycles. The molecule has 1 saturated heterocycles. The van der Waals surface area contributed by atoms with Crippen molar-refractivity contribution < 1.29 is 33.3 Å². The molecule has 0 bridgehead atoms. The van der Waals surface area contributed by atoms with Gasteiger partial charge >= 0.3 is 5.69 Å². The molecule has 1 heterocycles. The number of ether oxygens (including phenoxy) is 6. The topological polar surface area (TPSA) is 98.5 Å². The summed E-state index contributed by atoms with van der Waals surface area (Å²) in [7, 11) is 6.15. The normalized spacial score (nSPS) is 16.5. The smallest absolute Gasteiger partial charge is 0.315 e. The van der Waals surface area contributed by atoms with Gasteiger partial charge in [0.2, 0.25) is 11.5 Å². The summed E-state index contributed by atoms with van der Waals surface area (Å²) in [5, 5.41) is 12.0. The van der Waals surface area contributed by atoms with E-state index in [-0.39, 0.29) is 30.3 Å². The van der Waals surface area contributed by atoms with Crippen molar-refractivity contribution in [3.8, 4) is 28.7 Å². The van der Waals surface area contributed by atoms with Gasteiger partial charge in [-0.1, -0.05) is 15.9 Å². The zero-order valence-corrected chi connectivity index (χ0v) is 24.5. The average molecular weight is 621 g/mol. The minimum atomic E-state index is -0.450. The number of thioether (sulfide) groups is 1. The number of rotatable bonds is 12. The molecular weight excluding hydrogens is 590 g/mol. The van der Waals surface area contributed by atoms with Gasteiger partial charge in [-0.25, -0.2) is 0 Å². The van der Waals surface area contributed by atoms with E-state index in [2.05, 4.69) is 15.9 Å². The van der Waals surface area contributed by atoms with Gasteiger partial charge in [0.25, 0.3) is 0 Å². The molecule has 0 radical (unpaired) electrons. The Hall–Kier alpha value is -3.15. The number of nitro groups is 1. The quantitative estimate of drug-likeness (QED) is 0.0905. The van der Waals surface area contributed by atoms with Gasteiger partial charge < -0.3 is 28.4 Å². The van der Waals surface area contributed by atoms with Crippen molar-refractivity contribution in [1.82, 2.24) is 0 Å². The van der Waals surface area contributed by atoms with Crippen molar-refractivity contribution >= 4 is 33.4 Å². The van der Waals surface area contributed by atoms with Crippen LogP contribution >= 0.6 is 27.7 Å². The summed E-state index contributed by atoms with van der Waals surface area (Å²) in [5.74, 6) is 2.61. The first-order chi connectivity index (χ1) is 18.9. The highest BCUT2D eigenvalue weighted by molar-refractivity contribution is 9.10. The van der Waals surface area contributed by atoms with Gasteiger partial charge in [-0.15, -0.1) is 11.8 Å². The van der Waals surface area contributed by atoms with Gasteiger partial charge in [0, 0.05) is 21.2 Å². The molecule has 1 fully saturated rings. The van der Waals surface area contributed by atoms with Crippen LogP contribution in [0.1, 0.15) is 36.2 Å². The number of nitro benzene ring substituents is 1. The Balaban J connectivity index is 1.50. The van der Waals surface area contributed by atoms with E-state index in [0.717, 1.165) is 14.9 Å². The van der Waals surface area contributed by atoms with E-state index < -0.39 is 4.92 Å². The lowest BCUT2D eigenvalue weighted by Crippen LogP contribution is -2.07. The van der Waals surface area contributed by atoms with Crippen LogP contribution in [0.5, 0.6) is 28.7 Å². The van der Waals surface area contributed by atoms with Crippen LogP contribution in [0.3, 0.4) is 0 Å². The molecule has 11 heteroatoms. The molecule has 0 aromatic heterocycles. The van der Waals surface area contributed by atoms with Crippen molar-refractivity contribution in [3.05, 3.63) is 74.2 Å². The summed E-state index contributed by atoms with van der Waals surface area (Å²) in [6.45, 7) is 0.278. The summed E-state index contributed by atoms with van der Waals surface area (Å²) in [6, 6.07) is 14.9. The molecule has 4 rings (SSSR count). The molecule has 0 amide bonds. The second-order valence-electron chi connectivity index (χ2n) is 8.63. The Bertz CT molecular complexity index is 1280. The van der Waals surface area contributed by atoms with Crippen LogP contribution in [0, 0.1) is 10.1 Å². The number of hydrogen-bond donors (Lipinski definition) is 0. The molecule has 0 N–H and O–H groups in total. The molecule has 3 aromatic carbocycles. The molecule has 1 aliphatic heterocycles. The lowest BCUT2D eigenvalue weighted by molar-refractivity contribution is -0.386. The standard InChI is InChI=1S/C28H30BrNO8S/c1-33-24-14-17(13-21(30(31)32)27(24)37-11-12-39-20-7-5-19(29)6-8-20)22-9-10-23(38-22)18-15-25(34-2)28(36-4)26(16-18)35-3/h5-8,13-16,22-23H,9-12H2,1-4H3/t22-,23-/m0/s1. The maximum Gasteiger partial charge on any atom is 0.315 e. The van der Waals surface area contributed by atoms with Crippen molar-refractivity contribution in [2.45, 2.75) is 29.9 Å². The Morgan fingerprint density at radius 3 is 1.92 bits per heavy atom. The first kappa shape index (κ1) is 28.8. The molecule has 1 aliphatic rings. The number of methoxy groups -OCH3 is 4. The summed E-state index contributed by atoms with van der Waals surface area (Å²) in [4.78, 5) is 12.6. The van der Waals surface area contributed by atoms with Crippen LogP contribution in [0.4, 0.5) is 5.69 Å². The molecule has 39 heavy (non-hydrogen) atoms. The van der Waals surface area contributed by atoms with Gasteiger partial charge in [0.1, 0.15) is 0 Å². The summed E-state index contributed by atoms with van der Waals surface area (Å²) < 4.78 is 35.1. The SMILES string of the molecule is COc1cc([C@@H]2CC[C@@H](c3cc(OC)c(OCCSc4ccc(Br)cc4)c([N+](=O)[O-])c3)O2)cc(OC)c1OC. The Morgan fingerprint density at radius 1 is 0.872 bits per heavy atom. The van der Waals surface area contributed by atoms with Crippen LogP contribution < -0.4 is 23.7 Å². The second-order valence-corrected chi connectivity index (χ2v) is 10.7. The third kappa shape index (κ3) is 6.71. The van der Waals surface area contributed by atoms with Crippen molar-refractivity contribution in [3.63, 3.8) is 0 Å². The molecule has 3 aromatic rings. The number of hydrogen-bond acceptors (Lipinski definition) is 9. The lowest BCUT2D eigenvalue weighted by atomic mass is 10.0. The lowest BCUT2D eigenvalue weighted by Gasteiger charge is -2.19. The van der Waals surface area contributed by atoms with E-state index in [1.807, 2.05) is 36.4 Å². The molecule has 9 nitrogen and oxygen atoms in total. The number of halogens is 1. The minimum Gasteiger partial charge on any atom is -0.493 e. The van der Waals surface area contributed by atoms with Crippen LogP contribution in [-0.4, -0.2) is 45.7 Å². The molecule has 0 spiro atoms. The van der Waals surface area contributed by atoms with E-state index >= 15 is 0 Å². The molecule has 2 atom stereocenters. The molecular formula is C28H30BrNO8S. The van der Waals surface area contributed by atoms with Gasteiger partial charge in [-0.3, -0.25) is 10.1 Å². The second kappa shape index (κ2) is 13.3. The molecule has 208 valence electrons. The largest absolute Gasteiger partial charge is 0.493 e. The third-order valence-corrected chi connectivity index (χ3v) is 7.84. The van der Waals surface area contributed by atoms with Crippen molar-refractivity contribution in [2.24, 2.45) is 0 Å². The highest BCUT2D eigenvalue weighted by atomic mass is 79.9. The van der Waals surface area contributed by atoms with E-state index in [0.29, 0.717) is 47.2 Å². The Morgan fingerprint density at radius 2 is 1.41 bits per heavy atom. The Labute approximate surface area is 240 Å². The third-order valence-electron chi connectivity index (χ3n) is 6.34. The maximum absolute atomic E-state index is 12.0. The summed E-state index contributed by atoms with van der Waals surface area (Å²) in [5.41, 5.74) is 1.37. The highest BCUT2D eigenvalue weighted by Gasteiger charge is 2.32. The minimum absolute atomic E-state index is 0.113. The molecule has 0 saturated carbocycles. The fourth-order valence-electron chi connectivity index (χ4n) is 4.48. The van der Waals surface area contributed by atoms with E-state index in [4.69, 9.17) is 28.4 Å². The maximum atomic E-state index is 12.0. The van der Waals surface area contributed by atoms with Crippen molar-refractivity contribution in [1.29, 1.82) is 0 Å². The first-order valence-electron chi connectivity index (χ1n) is 12.2. The fourth-order valence-corrected chi connectivity index (χ4v) is 5.47. The first-order valence-corrected chi connectivity index (χ1v) is 14.0. The van der Waals surface area contributed by atoms with Crippen LogP contribution in [0.15, 0.2) is 57.9 Å². The zero-order valence-electron chi connectivity index (χ0n) is 22.1. The number of benzene rings is 3.